The molecule has 0 spiro atoms. The zero-order chi connectivity index (χ0) is 31.2. The Balaban J connectivity index is 1.52. The maximum absolute atomic E-state index is 13.6. The van der Waals surface area contributed by atoms with Crippen LogP contribution < -0.4 is 14.8 Å². The van der Waals surface area contributed by atoms with Crippen molar-refractivity contribution in [3.8, 4) is 0 Å². The third-order valence-electron chi connectivity index (χ3n) is 6.88. The minimum atomic E-state index is -4.51. The van der Waals surface area contributed by atoms with Crippen molar-refractivity contribution in [2.24, 2.45) is 0 Å². The monoisotopic (exact) mass is 628 g/mol. The van der Waals surface area contributed by atoms with Crippen LogP contribution in [0.25, 0.3) is 0 Å². The molecule has 14 heteroatoms. The number of benzene rings is 3. The fourth-order valence-corrected chi connectivity index (χ4v) is 6.38. The number of amides is 3. The number of nitrogens with zero attached hydrogens (tertiary/aromatic N) is 1. The fraction of sp³-hybridized carbons (Fsp3) is 0.276. The molecule has 0 radical (unpaired) electrons. The summed E-state index contributed by atoms with van der Waals surface area (Å²) in [7, 11) is -8.57. The van der Waals surface area contributed by atoms with Crippen molar-refractivity contribution in [1.82, 2.24) is 14.9 Å². The number of rotatable bonds is 11. The van der Waals surface area contributed by atoms with E-state index in [1.165, 1.54) is 35.2 Å². The minimum Gasteiger partial charge on any atom is -0.354 e. The molecule has 12 nitrogen and oxygen atoms in total. The molecule has 3 aromatic carbocycles. The van der Waals surface area contributed by atoms with Gasteiger partial charge in [0.05, 0.1) is 10.6 Å². The summed E-state index contributed by atoms with van der Waals surface area (Å²) in [5.74, 6) is -1.43. The number of carbonyl (C=O) groups is 3. The van der Waals surface area contributed by atoms with Gasteiger partial charge in [0.15, 0.2) is 0 Å². The summed E-state index contributed by atoms with van der Waals surface area (Å²) in [6.07, 6.45) is 0.912. The molecule has 1 aliphatic heterocycles. The van der Waals surface area contributed by atoms with Gasteiger partial charge in [-0.15, -0.1) is 0 Å². The highest BCUT2D eigenvalue weighted by Crippen LogP contribution is 2.28. The molecule has 0 unspecified atom stereocenters. The Labute approximate surface area is 250 Å². The highest BCUT2D eigenvalue weighted by Gasteiger charge is 2.34. The normalized spacial score (nSPS) is 14.8. The van der Waals surface area contributed by atoms with E-state index in [2.05, 4.69) is 5.32 Å². The first-order chi connectivity index (χ1) is 20.3. The lowest BCUT2D eigenvalue weighted by Gasteiger charge is -2.36. The Morgan fingerprint density at radius 3 is 2.30 bits per heavy atom. The van der Waals surface area contributed by atoms with E-state index in [4.69, 9.17) is 0 Å². The van der Waals surface area contributed by atoms with Gasteiger partial charge in [-0.2, -0.15) is 8.42 Å². The first-order valence-corrected chi connectivity index (χ1v) is 16.3. The van der Waals surface area contributed by atoms with Gasteiger partial charge in [-0.3, -0.25) is 23.7 Å². The quantitative estimate of drug-likeness (QED) is 0.233. The van der Waals surface area contributed by atoms with E-state index in [1.807, 2.05) is 39.8 Å². The second-order valence-electron chi connectivity index (χ2n) is 10.1. The predicted molar refractivity (Wildman–Crippen MR) is 159 cm³/mol. The SMILES string of the molecule is CC(=O)NS(=O)(=O)c1cccc(CCC(=O)N2Cc3cc(NS(=O)(=O)O)ccc3C[C@H]2C(=O)NCCc2ccccc2)c1. The van der Waals surface area contributed by atoms with E-state index >= 15 is 0 Å². The zero-order valence-corrected chi connectivity index (χ0v) is 24.9. The van der Waals surface area contributed by atoms with Crippen molar-refractivity contribution in [2.45, 2.75) is 50.1 Å². The number of aryl methyl sites for hydroxylation is 1. The molecule has 3 amide bonds. The number of anilines is 1. The van der Waals surface area contributed by atoms with Gasteiger partial charge in [-0.1, -0.05) is 48.5 Å². The molecule has 43 heavy (non-hydrogen) atoms. The van der Waals surface area contributed by atoms with Crippen LogP contribution in [0.5, 0.6) is 0 Å². The van der Waals surface area contributed by atoms with E-state index < -0.39 is 32.3 Å². The largest absolute Gasteiger partial charge is 0.357 e. The maximum atomic E-state index is 13.6. The highest BCUT2D eigenvalue weighted by molar-refractivity contribution is 7.90. The third kappa shape index (κ3) is 8.86. The Morgan fingerprint density at radius 1 is 0.884 bits per heavy atom. The molecule has 1 atom stereocenters. The van der Waals surface area contributed by atoms with E-state index in [0.29, 0.717) is 24.1 Å². The number of nitrogens with one attached hydrogen (secondary N) is 3. The van der Waals surface area contributed by atoms with E-state index in [-0.39, 0.29) is 48.2 Å². The van der Waals surface area contributed by atoms with Gasteiger partial charge >= 0.3 is 10.3 Å². The fourth-order valence-electron chi connectivity index (χ4n) is 4.90. The summed E-state index contributed by atoms with van der Waals surface area (Å²) < 4.78 is 60.5. The molecular formula is C29H32N4O8S2. The number of hydrogen-bond donors (Lipinski definition) is 4. The molecule has 0 aromatic heterocycles. The van der Waals surface area contributed by atoms with Crippen LogP contribution in [0.3, 0.4) is 0 Å². The first-order valence-electron chi connectivity index (χ1n) is 13.4. The molecular weight excluding hydrogens is 596 g/mol. The molecule has 0 saturated heterocycles. The molecule has 0 aliphatic carbocycles. The molecule has 0 bridgehead atoms. The second kappa shape index (κ2) is 13.4. The Kier molecular flexibility index (Phi) is 9.84. The van der Waals surface area contributed by atoms with Crippen molar-refractivity contribution in [3.63, 3.8) is 0 Å². The number of sulfonamides is 1. The molecule has 1 heterocycles. The Bertz CT molecular complexity index is 1730. The van der Waals surface area contributed by atoms with Crippen molar-refractivity contribution in [2.75, 3.05) is 11.3 Å². The van der Waals surface area contributed by atoms with Gasteiger partial charge in [-0.25, -0.2) is 13.1 Å². The van der Waals surface area contributed by atoms with Crippen LogP contribution in [0.4, 0.5) is 5.69 Å². The average molecular weight is 629 g/mol. The van der Waals surface area contributed by atoms with Crippen molar-refractivity contribution in [3.05, 3.63) is 95.1 Å². The molecule has 0 fully saturated rings. The molecule has 4 N–H and O–H groups in total. The summed E-state index contributed by atoms with van der Waals surface area (Å²) in [6.45, 7) is 1.47. The Morgan fingerprint density at radius 2 is 1.60 bits per heavy atom. The zero-order valence-electron chi connectivity index (χ0n) is 23.3. The van der Waals surface area contributed by atoms with E-state index in [9.17, 15) is 35.8 Å². The van der Waals surface area contributed by atoms with Gasteiger partial charge in [0.2, 0.25) is 17.7 Å². The number of hydrogen-bond acceptors (Lipinski definition) is 7. The lowest BCUT2D eigenvalue weighted by molar-refractivity contribution is -0.141. The van der Waals surface area contributed by atoms with E-state index in [0.717, 1.165) is 18.1 Å². The van der Waals surface area contributed by atoms with Crippen molar-refractivity contribution in [1.29, 1.82) is 0 Å². The highest BCUT2D eigenvalue weighted by atomic mass is 32.2. The summed E-state index contributed by atoms with van der Waals surface area (Å²) in [5.41, 5.74) is 3.06. The molecule has 4 rings (SSSR count). The maximum Gasteiger partial charge on any atom is 0.357 e. The predicted octanol–water partition coefficient (Wildman–Crippen LogP) is 1.97. The van der Waals surface area contributed by atoms with E-state index in [1.54, 1.807) is 12.1 Å². The van der Waals surface area contributed by atoms with Crippen LogP contribution >= 0.6 is 0 Å². The molecule has 228 valence electrons. The van der Waals surface area contributed by atoms with Crippen LogP contribution in [0.2, 0.25) is 0 Å². The summed E-state index contributed by atoms with van der Waals surface area (Å²) in [5, 5.41) is 2.91. The van der Waals surface area contributed by atoms with Crippen molar-refractivity contribution < 1.29 is 35.8 Å². The summed E-state index contributed by atoms with van der Waals surface area (Å²) >= 11 is 0. The smallest absolute Gasteiger partial charge is 0.354 e. The second-order valence-corrected chi connectivity index (χ2v) is 13.0. The number of fused-ring (bicyclic) bond motifs is 1. The van der Waals surface area contributed by atoms with Crippen LogP contribution in [0, 0.1) is 0 Å². The third-order valence-corrected chi connectivity index (χ3v) is 8.80. The van der Waals surface area contributed by atoms with Crippen LogP contribution in [0.15, 0.2) is 77.7 Å². The molecule has 0 saturated carbocycles. The number of carbonyl (C=O) groups excluding carboxylic acids is 3. The minimum absolute atomic E-state index is 0.0168. The summed E-state index contributed by atoms with van der Waals surface area (Å²) in [4.78, 5) is 39.5. The lowest BCUT2D eigenvalue weighted by atomic mass is 9.92. The molecule has 3 aromatic rings. The first kappa shape index (κ1) is 31.7. The van der Waals surface area contributed by atoms with Crippen LogP contribution in [-0.4, -0.2) is 56.6 Å². The summed E-state index contributed by atoms with van der Waals surface area (Å²) in [6, 6.07) is 19.3. The lowest BCUT2D eigenvalue weighted by Crippen LogP contribution is -2.52. The Hall–Kier alpha value is -4.27. The van der Waals surface area contributed by atoms with Gasteiger partial charge < -0.3 is 10.2 Å². The average Bonchev–Trinajstić information content (AvgIpc) is 2.94. The van der Waals surface area contributed by atoms with Gasteiger partial charge in [0.25, 0.3) is 10.0 Å². The molecule has 1 aliphatic rings. The topological polar surface area (TPSA) is 179 Å². The van der Waals surface area contributed by atoms with Gasteiger partial charge in [0, 0.05) is 32.9 Å². The van der Waals surface area contributed by atoms with Crippen molar-refractivity contribution >= 4 is 43.7 Å². The van der Waals surface area contributed by atoms with Crippen LogP contribution in [0.1, 0.15) is 35.6 Å². The van der Waals surface area contributed by atoms with Crippen LogP contribution in [-0.2, 0) is 60.5 Å². The standard InChI is InChI=1S/C29H32N4O8S2/c1-20(34)31-42(37,38)26-9-5-8-22(16-26)10-13-28(35)33-19-24-17-25(32-43(39,40)41)12-11-23(24)18-27(33)29(36)30-15-14-21-6-3-2-4-7-21/h2-9,11-12,16-17,27,32H,10,13-15,18-19H2,1H3,(H,30,36)(H,31,34)(H,39,40,41)/t27-/m0/s1. The van der Waals surface area contributed by atoms with Gasteiger partial charge in [-0.05, 0) is 59.4 Å². The van der Waals surface area contributed by atoms with Gasteiger partial charge in [0.1, 0.15) is 6.04 Å².